The highest BCUT2D eigenvalue weighted by Crippen LogP contribution is 2.22. The zero-order valence-electron chi connectivity index (χ0n) is 13.8. The molecule has 0 radical (unpaired) electrons. The third-order valence-electron chi connectivity index (χ3n) is 3.15. The molecule has 0 aromatic heterocycles. The predicted molar refractivity (Wildman–Crippen MR) is 96.8 cm³/mol. The first kappa shape index (κ1) is 19.7. The number of allylic oxidation sites excluding steroid dienone is 6. The number of rotatable bonds is 10. The second-order valence-electron chi connectivity index (χ2n) is 4.87. The van der Waals surface area contributed by atoms with Crippen molar-refractivity contribution < 1.29 is 4.21 Å². The van der Waals surface area contributed by atoms with Crippen molar-refractivity contribution in [1.82, 2.24) is 5.32 Å². The minimum atomic E-state index is -0.950. The molecule has 0 rings (SSSR count). The summed E-state index contributed by atoms with van der Waals surface area (Å²) < 4.78 is 11.9. The lowest BCUT2D eigenvalue weighted by Crippen LogP contribution is -2.22. The van der Waals surface area contributed by atoms with E-state index in [0.29, 0.717) is 0 Å². The van der Waals surface area contributed by atoms with E-state index in [1.807, 2.05) is 38.2 Å². The van der Waals surface area contributed by atoms with Crippen LogP contribution in [0.3, 0.4) is 0 Å². The number of hydrogen-bond donors (Lipinski definition) is 1. The Morgan fingerprint density at radius 1 is 1.38 bits per heavy atom. The van der Waals surface area contributed by atoms with Gasteiger partial charge in [0, 0.05) is 29.3 Å². The van der Waals surface area contributed by atoms with E-state index in [-0.39, 0.29) is 5.25 Å². The number of nitrogens with one attached hydrogen (secondary N) is 1. The van der Waals surface area contributed by atoms with Crippen molar-refractivity contribution in [3.63, 3.8) is 0 Å². The van der Waals surface area contributed by atoms with E-state index in [9.17, 15) is 4.21 Å². The van der Waals surface area contributed by atoms with Gasteiger partial charge in [0.05, 0.1) is 5.25 Å². The second-order valence-corrected chi connectivity index (χ2v) is 6.57. The highest BCUT2D eigenvalue weighted by atomic mass is 32.2. The molecule has 0 aliphatic rings. The van der Waals surface area contributed by atoms with Gasteiger partial charge in [-0.05, 0) is 37.5 Å². The van der Waals surface area contributed by atoms with E-state index in [1.54, 1.807) is 12.3 Å². The van der Waals surface area contributed by atoms with Crippen molar-refractivity contribution in [1.29, 1.82) is 0 Å². The Hall–Kier alpha value is -1.35. The van der Waals surface area contributed by atoms with Crippen LogP contribution in [0.2, 0.25) is 0 Å². The zero-order chi connectivity index (χ0) is 16.3. The molecule has 2 atom stereocenters. The summed E-state index contributed by atoms with van der Waals surface area (Å²) in [7, 11) is -0.950. The van der Waals surface area contributed by atoms with Gasteiger partial charge in [-0.25, -0.2) is 0 Å². The Morgan fingerprint density at radius 3 is 2.52 bits per heavy atom. The highest BCUT2D eigenvalue weighted by Gasteiger charge is 2.18. The molecule has 118 valence electrons. The number of unbranched alkanes of at least 4 members (excludes halogenated alkanes) is 1. The first-order valence-electron chi connectivity index (χ1n) is 7.40. The molecule has 21 heavy (non-hydrogen) atoms. The monoisotopic (exact) mass is 307 g/mol. The van der Waals surface area contributed by atoms with Gasteiger partial charge in [-0.1, -0.05) is 50.8 Å². The molecule has 0 spiro atoms. The summed E-state index contributed by atoms with van der Waals surface area (Å²) in [6.45, 7) is 14.8. The third-order valence-corrected chi connectivity index (χ3v) is 4.38. The summed E-state index contributed by atoms with van der Waals surface area (Å²) in [5.74, 6) is 0. The van der Waals surface area contributed by atoms with E-state index in [2.05, 4.69) is 25.4 Å². The highest BCUT2D eigenvalue weighted by molar-refractivity contribution is 7.85. The average Bonchev–Trinajstić information content (AvgIpc) is 2.45. The molecule has 3 heteroatoms. The molecule has 0 amide bonds. The summed E-state index contributed by atoms with van der Waals surface area (Å²) in [5.41, 5.74) is 2.88. The van der Waals surface area contributed by atoms with E-state index in [1.165, 1.54) is 0 Å². The minimum Gasteiger partial charge on any atom is -0.385 e. The fourth-order valence-electron chi connectivity index (χ4n) is 1.90. The van der Waals surface area contributed by atoms with Crippen LogP contribution in [0.25, 0.3) is 0 Å². The zero-order valence-corrected chi connectivity index (χ0v) is 14.6. The molecule has 0 saturated heterocycles. The van der Waals surface area contributed by atoms with Gasteiger partial charge < -0.3 is 5.32 Å². The Labute approximate surface area is 132 Å². The standard InChI is InChI=1S/C18H29NOS/c1-7-10-13-15(4)18(16(5)21(6)20)17(12-9-3)19-14-11-8-2/h7,9-10,12-13,16,19H,1,4,8,11,14H2,2-3,5-6H3/b12-9-,13-10-,18-17+. The van der Waals surface area contributed by atoms with E-state index in [4.69, 9.17) is 0 Å². The van der Waals surface area contributed by atoms with Crippen molar-refractivity contribution >= 4 is 10.8 Å². The van der Waals surface area contributed by atoms with Gasteiger partial charge in [-0.3, -0.25) is 4.21 Å². The topological polar surface area (TPSA) is 29.1 Å². The maximum absolute atomic E-state index is 11.9. The predicted octanol–water partition coefficient (Wildman–Crippen LogP) is 4.27. The Morgan fingerprint density at radius 2 is 2.05 bits per heavy atom. The Kier molecular flexibility index (Phi) is 10.6. The van der Waals surface area contributed by atoms with Crippen molar-refractivity contribution in [2.75, 3.05) is 12.8 Å². The lowest BCUT2D eigenvalue weighted by molar-refractivity contribution is 0.680. The summed E-state index contributed by atoms with van der Waals surface area (Å²) in [4.78, 5) is 0. The molecule has 0 heterocycles. The summed E-state index contributed by atoms with van der Waals surface area (Å²) in [5, 5.41) is 3.38. The summed E-state index contributed by atoms with van der Waals surface area (Å²) in [6.07, 6.45) is 13.5. The molecule has 0 fully saturated rings. The normalized spacial score (nSPS) is 15.8. The van der Waals surface area contributed by atoms with Crippen molar-refractivity contribution in [2.24, 2.45) is 0 Å². The molecule has 0 aromatic rings. The second kappa shape index (κ2) is 11.3. The lowest BCUT2D eigenvalue weighted by atomic mass is 10.0. The molecule has 0 aromatic carbocycles. The SMILES string of the molecule is C=C/C=C\C(=C)/C(=C(/C=C\C)NCCCC)C(C)S(C)=O. The molecule has 1 N–H and O–H groups in total. The molecule has 2 nitrogen and oxygen atoms in total. The summed E-state index contributed by atoms with van der Waals surface area (Å²) >= 11 is 0. The van der Waals surface area contributed by atoms with Crippen LogP contribution in [0.4, 0.5) is 0 Å². The van der Waals surface area contributed by atoms with Crippen LogP contribution in [-0.4, -0.2) is 22.3 Å². The van der Waals surface area contributed by atoms with Gasteiger partial charge in [0.25, 0.3) is 0 Å². The van der Waals surface area contributed by atoms with E-state index >= 15 is 0 Å². The van der Waals surface area contributed by atoms with Crippen molar-refractivity contribution in [3.05, 3.63) is 60.4 Å². The van der Waals surface area contributed by atoms with Crippen LogP contribution in [0, 0.1) is 0 Å². The van der Waals surface area contributed by atoms with E-state index in [0.717, 1.165) is 36.2 Å². The van der Waals surface area contributed by atoms with Gasteiger partial charge >= 0.3 is 0 Å². The fraction of sp³-hybridized carbons (Fsp3) is 0.444. The molecular formula is C18H29NOS. The maximum atomic E-state index is 11.9. The molecular weight excluding hydrogens is 278 g/mol. The average molecular weight is 308 g/mol. The van der Waals surface area contributed by atoms with Crippen LogP contribution in [0.1, 0.15) is 33.6 Å². The summed E-state index contributed by atoms with van der Waals surface area (Å²) in [6, 6.07) is 0. The minimum absolute atomic E-state index is 0.0766. The van der Waals surface area contributed by atoms with Crippen LogP contribution in [0.15, 0.2) is 60.4 Å². The van der Waals surface area contributed by atoms with Crippen LogP contribution >= 0.6 is 0 Å². The molecule has 0 bridgehead atoms. The maximum Gasteiger partial charge on any atom is 0.0592 e. The molecule has 0 saturated carbocycles. The van der Waals surface area contributed by atoms with Crippen LogP contribution in [-0.2, 0) is 10.8 Å². The van der Waals surface area contributed by atoms with Gasteiger partial charge in [0.2, 0.25) is 0 Å². The lowest BCUT2D eigenvalue weighted by Gasteiger charge is -2.20. The van der Waals surface area contributed by atoms with Crippen LogP contribution in [0.5, 0.6) is 0 Å². The van der Waals surface area contributed by atoms with Gasteiger partial charge in [0.15, 0.2) is 0 Å². The van der Waals surface area contributed by atoms with E-state index < -0.39 is 10.8 Å². The van der Waals surface area contributed by atoms with Crippen molar-refractivity contribution in [2.45, 2.75) is 38.9 Å². The number of hydrogen-bond acceptors (Lipinski definition) is 2. The Balaban J connectivity index is 5.66. The largest absolute Gasteiger partial charge is 0.385 e. The smallest absolute Gasteiger partial charge is 0.0592 e. The Bertz CT molecular complexity index is 458. The third kappa shape index (κ3) is 7.28. The first-order valence-corrected chi connectivity index (χ1v) is 9.03. The fourth-order valence-corrected chi connectivity index (χ4v) is 2.51. The first-order chi connectivity index (χ1) is 9.99. The van der Waals surface area contributed by atoms with Gasteiger partial charge in [-0.2, -0.15) is 0 Å². The molecule has 0 aliphatic carbocycles. The quantitative estimate of drug-likeness (QED) is 0.482. The van der Waals surface area contributed by atoms with Gasteiger partial charge in [0.1, 0.15) is 0 Å². The van der Waals surface area contributed by atoms with Gasteiger partial charge in [-0.15, -0.1) is 0 Å². The van der Waals surface area contributed by atoms with Crippen LogP contribution < -0.4 is 5.32 Å². The molecule has 2 unspecified atom stereocenters. The molecule has 0 aliphatic heterocycles. The van der Waals surface area contributed by atoms with Crippen molar-refractivity contribution in [3.8, 4) is 0 Å².